The van der Waals surface area contributed by atoms with Gasteiger partial charge in [-0.3, -0.25) is 9.48 Å². The molecule has 1 N–H and O–H groups in total. The van der Waals surface area contributed by atoms with Crippen LogP contribution < -0.4 is 5.32 Å². The summed E-state index contributed by atoms with van der Waals surface area (Å²) >= 11 is 0. The number of hydrogen-bond acceptors (Lipinski definition) is 3. The highest BCUT2D eigenvalue weighted by atomic mass is 16.1. The Bertz CT molecular complexity index is 405. The number of carbonyl (C=O) groups excluding carboxylic acids is 1. The van der Waals surface area contributed by atoms with Crippen LogP contribution in [0, 0.1) is 0 Å². The van der Waals surface area contributed by atoms with Gasteiger partial charge in [0.25, 0.3) is 0 Å². The number of rotatable bonds is 6. The van der Waals surface area contributed by atoms with Gasteiger partial charge in [-0.05, 0) is 45.7 Å². The number of carbonyl (C=O) groups is 1. The molecule has 1 aromatic rings. The Morgan fingerprint density at radius 1 is 1.53 bits per heavy atom. The lowest BCUT2D eigenvalue weighted by atomic mass is 9.98. The SMILES string of the molecule is CC(C)n1ccc(CC(=O)CCC2CCCCN2)n1. The molecule has 0 aromatic carbocycles. The Balaban J connectivity index is 1.73. The fraction of sp³-hybridized carbons (Fsp3) is 0.733. The van der Waals surface area contributed by atoms with Gasteiger partial charge < -0.3 is 5.32 Å². The first-order valence-electron chi connectivity index (χ1n) is 7.44. The number of nitrogens with zero attached hydrogens (tertiary/aromatic N) is 2. The van der Waals surface area contributed by atoms with Crippen molar-refractivity contribution >= 4 is 5.78 Å². The van der Waals surface area contributed by atoms with Crippen molar-refractivity contribution in [3.63, 3.8) is 0 Å². The quantitative estimate of drug-likeness (QED) is 0.857. The predicted molar refractivity (Wildman–Crippen MR) is 76.2 cm³/mol. The predicted octanol–water partition coefficient (Wildman–Crippen LogP) is 2.50. The van der Waals surface area contributed by atoms with Crippen molar-refractivity contribution in [1.82, 2.24) is 15.1 Å². The molecule has 1 aromatic heterocycles. The van der Waals surface area contributed by atoms with Crippen molar-refractivity contribution < 1.29 is 4.79 Å². The Labute approximate surface area is 115 Å². The fourth-order valence-electron chi connectivity index (χ4n) is 2.56. The van der Waals surface area contributed by atoms with Crippen LogP contribution in [0.3, 0.4) is 0 Å². The fourth-order valence-corrected chi connectivity index (χ4v) is 2.56. The van der Waals surface area contributed by atoms with E-state index >= 15 is 0 Å². The Morgan fingerprint density at radius 3 is 3.00 bits per heavy atom. The van der Waals surface area contributed by atoms with Crippen molar-refractivity contribution in [2.45, 2.75) is 64.5 Å². The van der Waals surface area contributed by atoms with Gasteiger partial charge in [-0.1, -0.05) is 6.42 Å². The highest BCUT2D eigenvalue weighted by molar-refractivity contribution is 5.80. The molecular weight excluding hydrogens is 238 g/mol. The van der Waals surface area contributed by atoms with Gasteiger partial charge in [-0.25, -0.2) is 0 Å². The molecule has 2 rings (SSSR count). The van der Waals surface area contributed by atoms with E-state index in [0.29, 0.717) is 30.7 Å². The van der Waals surface area contributed by atoms with E-state index in [1.165, 1.54) is 19.3 Å². The first-order valence-corrected chi connectivity index (χ1v) is 7.44. The van der Waals surface area contributed by atoms with E-state index in [9.17, 15) is 4.79 Å². The van der Waals surface area contributed by atoms with Crippen LogP contribution in [0.5, 0.6) is 0 Å². The van der Waals surface area contributed by atoms with Gasteiger partial charge >= 0.3 is 0 Å². The molecule has 1 unspecified atom stereocenters. The molecule has 0 spiro atoms. The van der Waals surface area contributed by atoms with Crippen LogP contribution in [0.1, 0.15) is 57.7 Å². The highest BCUT2D eigenvalue weighted by Crippen LogP contribution is 2.13. The van der Waals surface area contributed by atoms with Crippen LogP contribution in [0.2, 0.25) is 0 Å². The van der Waals surface area contributed by atoms with Crippen LogP contribution in [0.25, 0.3) is 0 Å². The van der Waals surface area contributed by atoms with E-state index in [1.54, 1.807) is 0 Å². The lowest BCUT2D eigenvalue weighted by molar-refractivity contribution is -0.118. The molecule has 1 saturated heterocycles. The molecule has 1 aliphatic rings. The summed E-state index contributed by atoms with van der Waals surface area (Å²) in [4.78, 5) is 12.0. The number of hydrogen-bond donors (Lipinski definition) is 1. The second-order valence-electron chi connectivity index (χ2n) is 5.78. The molecule has 1 aliphatic heterocycles. The third-order valence-electron chi connectivity index (χ3n) is 3.75. The Morgan fingerprint density at radius 2 is 2.37 bits per heavy atom. The normalized spacial score (nSPS) is 19.8. The number of ketones is 1. The standard InChI is InChI=1S/C15H25N3O/c1-12(2)18-10-8-14(17-18)11-15(19)7-6-13-5-3-4-9-16-13/h8,10,12-13,16H,3-7,9,11H2,1-2H3. The molecule has 4 nitrogen and oxygen atoms in total. The van der Waals surface area contributed by atoms with Crippen LogP contribution >= 0.6 is 0 Å². The second-order valence-corrected chi connectivity index (χ2v) is 5.78. The maximum Gasteiger partial charge on any atom is 0.138 e. The summed E-state index contributed by atoms with van der Waals surface area (Å²) in [5, 5.41) is 7.91. The largest absolute Gasteiger partial charge is 0.314 e. The lowest BCUT2D eigenvalue weighted by Crippen LogP contribution is -2.34. The molecule has 0 radical (unpaired) electrons. The molecule has 4 heteroatoms. The first-order chi connectivity index (χ1) is 9.15. The van der Waals surface area contributed by atoms with Gasteiger partial charge in [-0.2, -0.15) is 5.10 Å². The maximum absolute atomic E-state index is 12.0. The Hall–Kier alpha value is -1.16. The van der Waals surface area contributed by atoms with Crippen LogP contribution in [0.4, 0.5) is 0 Å². The number of nitrogens with one attached hydrogen (secondary N) is 1. The van der Waals surface area contributed by atoms with Gasteiger partial charge in [0.05, 0.1) is 12.1 Å². The molecule has 0 bridgehead atoms. The van der Waals surface area contributed by atoms with Gasteiger partial charge in [-0.15, -0.1) is 0 Å². The van der Waals surface area contributed by atoms with Crippen molar-refractivity contribution in [1.29, 1.82) is 0 Å². The Kier molecular flexibility index (Phi) is 5.14. The molecule has 106 valence electrons. The van der Waals surface area contributed by atoms with Crippen molar-refractivity contribution in [2.75, 3.05) is 6.54 Å². The third kappa shape index (κ3) is 4.46. The zero-order chi connectivity index (χ0) is 13.7. The van der Waals surface area contributed by atoms with Crippen LogP contribution in [-0.4, -0.2) is 28.2 Å². The monoisotopic (exact) mass is 263 g/mol. The van der Waals surface area contributed by atoms with Crippen LogP contribution in [-0.2, 0) is 11.2 Å². The number of Topliss-reactive ketones (excluding diaryl/α,β-unsaturated/α-hetero) is 1. The third-order valence-corrected chi connectivity index (χ3v) is 3.75. The van der Waals surface area contributed by atoms with E-state index in [1.807, 2.05) is 16.9 Å². The van der Waals surface area contributed by atoms with E-state index in [2.05, 4.69) is 24.3 Å². The summed E-state index contributed by atoms with van der Waals surface area (Å²) in [5.74, 6) is 0.307. The molecule has 19 heavy (non-hydrogen) atoms. The van der Waals surface area contributed by atoms with E-state index in [0.717, 1.165) is 18.7 Å². The van der Waals surface area contributed by atoms with Gasteiger partial charge in [0.1, 0.15) is 5.78 Å². The number of aromatic nitrogens is 2. The van der Waals surface area contributed by atoms with Crippen molar-refractivity contribution in [3.05, 3.63) is 18.0 Å². The summed E-state index contributed by atoms with van der Waals surface area (Å²) in [6.07, 6.45) is 7.87. The summed E-state index contributed by atoms with van der Waals surface area (Å²) in [6, 6.07) is 2.86. The van der Waals surface area contributed by atoms with E-state index in [4.69, 9.17) is 0 Å². The van der Waals surface area contributed by atoms with E-state index in [-0.39, 0.29) is 0 Å². The molecule has 1 fully saturated rings. The minimum Gasteiger partial charge on any atom is -0.314 e. The molecule has 2 heterocycles. The minimum absolute atomic E-state index is 0.307. The zero-order valence-corrected chi connectivity index (χ0v) is 12.1. The van der Waals surface area contributed by atoms with Crippen LogP contribution in [0.15, 0.2) is 12.3 Å². The van der Waals surface area contributed by atoms with Gasteiger partial charge in [0.2, 0.25) is 0 Å². The summed E-state index contributed by atoms with van der Waals surface area (Å²) in [6.45, 7) is 5.29. The van der Waals surface area contributed by atoms with E-state index < -0.39 is 0 Å². The average Bonchev–Trinajstić information content (AvgIpc) is 2.86. The van der Waals surface area contributed by atoms with Gasteiger partial charge in [0.15, 0.2) is 0 Å². The summed E-state index contributed by atoms with van der Waals surface area (Å²) in [7, 11) is 0. The van der Waals surface area contributed by atoms with Crippen molar-refractivity contribution in [2.24, 2.45) is 0 Å². The summed E-state index contributed by atoms with van der Waals surface area (Å²) in [5.41, 5.74) is 0.898. The molecule has 0 amide bonds. The molecule has 0 saturated carbocycles. The lowest BCUT2D eigenvalue weighted by Gasteiger charge is -2.22. The number of piperidine rings is 1. The first kappa shape index (κ1) is 14.3. The second kappa shape index (κ2) is 6.85. The topological polar surface area (TPSA) is 46.9 Å². The highest BCUT2D eigenvalue weighted by Gasteiger charge is 2.14. The molecule has 0 aliphatic carbocycles. The maximum atomic E-state index is 12.0. The zero-order valence-electron chi connectivity index (χ0n) is 12.1. The molecule has 1 atom stereocenters. The minimum atomic E-state index is 0.307. The van der Waals surface area contributed by atoms with Crippen molar-refractivity contribution in [3.8, 4) is 0 Å². The summed E-state index contributed by atoms with van der Waals surface area (Å²) < 4.78 is 1.91. The average molecular weight is 263 g/mol. The smallest absolute Gasteiger partial charge is 0.138 e. The van der Waals surface area contributed by atoms with Gasteiger partial charge in [0, 0.05) is 24.7 Å². The molecular formula is C15H25N3O.